The standard InChI is InChI=1S/C9H13NO3S/c1-3-8(13)14-9(2,6-10)5-4-7(11)12/h3-5H2,1-2H3,(H,11,12). The highest BCUT2D eigenvalue weighted by Gasteiger charge is 2.28. The molecule has 0 saturated carbocycles. The summed E-state index contributed by atoms with van der Waals surface area (Å²) in [6, 6.07) is 1.98. The van der Waals surface area contributed by atoms with Crippen LogP contribution in [0.15, 0.2) is 0 Å². The Morgan fingerprint density at radius 1 is 1.57 bits per heavy atom. The van der Waals surface area contributed by atoms with Gasteiger partial charge in [-0.25, -0.2) is 0 Å². The van der Waals surface area contributed by atoms with E-state index in [1.54, 1.807) is 13.8 Å². The van der Waals surface area contributed by atoms with Gasteiger partial charge in [0.25, 0.3) is 0 Å². The van der Waals surface area contributed by atoms with Crippen molar-refractivity contribution in [3.63, 3.8) is 0 Å². The third-order valence-corrected chi connectivity index (χ3v) is 2.94. The van der Waals surface area contributed by atoms with Gasteiger partial charge in [0.1, 0.15) is 4.75 Å². The van der Waals surface area contributed by atoms with E-state index in [2.05, 4.69) is 0 Å². The number of thioether (sulfide) groups is 1. The van der Waals surface area contributed by atoms with Gasteiger partial charge in [0, 0.05) is 12.8 Å². The van der Waals surface area contributed by atoms with Crippen LogP contribution in [0.25, 0.3) is 0 Å². The highest BCUT2D eigenvalue weighted by atomic mass is 32.2. The predicted octanol–water partition coefficient (Wildman–Crippen LogP) is 1.80. The van der Waals surface area contributed by atoms with Crippen molar-refractivity contribution >= 4 is 22.8 Å². The molecule has 0 amide bonds. The van der Waals surface area contributed by atoms with Gasteiger partial charge in [-0.1, -0.05) is 18.7 Å². The van der Waals surface area contributed by atoms with E-state index < -0.39 is 10.7 Å². The molecule has 0 heterocycles. The number of carbonyl (C=O) groups excluding carboxylic acids is 1. The van der Waals surface area contributed by atoms with E-state index in [9.17, 15) is 9.59 Å². The van der Waals surface area contributed by atoms with Crippen molar-refractivity contribution in [1.82, 2.24) is 0 Å². The lowest BCUT2D eigenvalue weighted by atomic mass is 10.1. The van der Waals surface area contributed by atoms with Gasteiger partial charge in [0.05, 0.1) is 6.07 Å². The summed E-state index contributed by atoms with van der Waals surface area (Å²) in [7, 11) is 0. The number of nitriles is 1. The molecule has 1 unspecified atom stereocenters. The highest BCUT2D eigenvalue weighted by molar-refractivity contribution is 8.15. The van der Waals surface area contributed by atoms with Crippen molar-refractivity contribution in [2.75, 3.05) is 0 Å². The molecule has 0 radical (unpaired) electrons. The zero-order chi connectivity index (χ0) is 11.2. The van der Waals surface area contributed by atoms with Crippen LogP contribution in [0.5, 0.6) is 0 Å². The van der Waals surface area contributed by atoms with Gasteiger partial charge >= 0.3 is 5.97 Å². The zero-order valence-electron chi connectivity index (χ0n) is 8.24. The van der Waals surface area contributed by atoms with E-state index >= 15 is 0 Å². The first-order valence-corrected chi connectivity index (χ1v) is 5.10. The van der Waals surface area contributed by atoms with E-state index in [1.165, 1.54) is 0 Å². The Morgan fingerprint density at radius 2 is 2.14 bits per heavy atom. The maximum absolute atomic E-state index is 11.1. The molecule has 14 heavy (non-hydrogen) atoms. The van der Waals surface area contributed by atoms with Crippen LogP contribution in [0.4, 0.5) is 0 Å². The van der Waals surface area contributed by atoms with Gasteiger partial charge in [-0.05, 0) is 13.3 Å². The van der Waals surface area contributed by atoms with Crippen molar-refractivity contribution < 1.29 is 14.7 Å². The molecular weight excluding hydrogens is 202 g/mol. The second kappa shape index (κ2) is 5.66. The summed E-state index contributed by atoms with van der Waals surface area (Å²) in [5.41, 5.74) is 0. The number of carboxylic acid groups (broad SMARTS) is 1. The molecule has 1 atom stereocenters. The number of aliphatic carboxylic acids is 1. The quantitative estimate of drug-likeness (QED) is 0.756. The van der Waals surface area contributed by atoms with Gasteiger partial charge < -0.3 is 5.11 Å². The Kier molecular flexibility index (Phi) is 5.24. The first-order valence-electron chi connectivity index (χ1n) is 4.28. The molecule has 0 aromatic heterocycles. The molecule has 0 aromatic rings. The number of hydrogen-bond donors (Lipinski definition) is 1. The Bertz CT molecular complexity index is 272. The number of carboxylic acids is 1. The van der Waals surface area contributed by atoms with Crippen LogP contribution in [0.2, 0.25) is 0 Å². The topological polar surface area (TPSA) is 78.2 Å². The summed E-state index contributed by atoms with van der Waals surface area (Å²) in [6.07, 6.45) is 0.457. The van der Waals surface area contributed by atoms with Crippen LogP contribution >= 0.6 is 11.8 Å². The summed E-state index contributed by atoms with van der Waals surface area (Å²) in [6.45, 7) is 3.30. The first kappa shape index (κ1) is 13.0. The van der Waals surface area contributed by atoms with E-state index in [0.29, 0.717) is 6.42 Å². The largest absolute Gasteiger partial charge is 0.481 e. The minimum Gasteiger partial charge on any atom is -0.481 e. The number of nitrogens with zero attached hydrogens (tertiary/aromatic N) is 1. The molecule has 5 heteroatoms. The molecule has 0 aliphatic carbocycles. The van der Waals surface area contributed by atoms with Gasteiger partial charge in [0.2, 0.25) is 0 Å². The van der Waals surface area contributed by atoms with Gasteiger partial charge in [-0.15, -0.1) is 0 Å². The second-order valence-corrected chi connectivity index (χ2v) is 4.62. The van der Waals surface area contributed by atoms with Crippen LogP contribution in [-0.4, -0.2) is 20.9 Å². The van der Waals surface area contributed by atoms with Crippen molar-refractivity contribution in [2.45, 2.75) is 37.9 Å². The SMILES string of the molecule is CCC(=O)SC(C)(C#N)CCC(=O)O. The Labute approximate surface area is 87.3 Å². The van der Waals surface area contributed by atoms with Crippen molar-refractivity contribution in [3.8, 4) is 6.07 Å². The highest BCUT2D eigenvalue weighted by Crippen LogP contribution is 2.30. The molecule has 0 bridgehead atoms. The average Bonchev–Trinajstić information content (AvgIpc) is 2.14. The molecule has 4 nitrogen and oxygen atoms in total. The third kappa shape index (κ3) is 4.87. The molecule has 0 saturated heterocycles. The van der Waals surface area contributed by atoms with Crippen LogP contribution in [-0.2, 0) is 9.59 Å². The fourth-order valence-electron chi connectivity index (χ4n) is 0.799. The van der Waals surface area contributed by atoms with E-state index in [0.717, 1.165) is 11.8 Å². The van der Waals surface area contributed by atoms with Crippen LogP contribution in [0, 0.1) is 11.3 Å². The normalized spacial score (nSPS) is 14.1. The molecule has 0 spiro atoms. The second-order valence-electron chi connectivity index (χ2n) is 3.06. The Morgan fingerprint density at radius 3 is 2.50 bits per heavy atom. The fraction of sp³-hybridized carbons (Fsp3) is 0.667. The molecule has 0 aliphatic rings. The van der Waals surface area contributed by atoms with Crippen LogP contribution in [0.1, 0.15) is 33.1 Å². The van der Waals surface area contributed by atoms with E-state index in [1.807, 2.05) is 6.07 Å². The lowest BCUT2D eigenvalue weighted by Crippen LogP contribution is -2.21. The van der Waals surface area contributed by atoms with Crippen LogP contribution in [0.3, 0.4) is 0 Å². The monoisotopic (exact) mass is 215 g/mol. The molecular formula is C9H13NO3S. The first-order chi connectivity index (χ1) is 6.43. The van der Waals surface area contributed by atoms with Crippen molar-refractivity contribution in [2.24, 2.45) is 0 Å². The van der Waals surface area contributed by atoms with Gasteiger partial charge in [-0.2, -0.15) is 5.26 Å². The van der Waals surface area contributed by atoms with Gasteiger partial charge in [-0.3, -0.25) is 9.59 Å². The maximum Gasteiger partial charge on any atom is 0.303 e. The minimum absolute atomic E-state index is 0.0839. The smallest absolute Gasteiger partial charge is 0.303 e. The summed E-state index contributed by atoms with van der Waals surface area (Å²) in [5, 5.41) is 17.2. The molecule has 0 rings (SSSR count). The number of carbonyl (C=O) groups is 2. The number of hydrogen-bond acceptors (Lipinski definition) is 4. The van der Waals surface area contributed by atoms with Crippen molar-refractivity contribution in [3.05, 3.63) is 0 Å². The molecule has 0 aromatic carbocycles. The van der Waals surface area contributed by atoms with E-state index in [4.69, 9.17) is 10.4 Å². The van der Waals surface area contributed by atoms with Crippen molar-refractivity contribution in [1.29, 1.82) is 5.26 Å². The fourth-order valence-corrected chi connectivity index (χ4v) is 1.70. The maximum atomic E-state index is 11.1. The Balaban J connectivity index is 4.27. The number of rotatable bonds is 5. The average molecular weight is 215 g/mol. The zero-order valence-corrected chi connectivity index (χ0v) is 9.06. The molecule has 0 fully saturated rings. The Hall–Kier alpha value is -1.02. The van der Waals surface area contributed by atoms with Gasteiger partial charge in [0.15, 0.2) is 5.12 Å². The summed E-state index contributed by atoms with van der Waals surface area (Å²) >= 11 is 0.926. The third-order valence-electron chi connectivity index (χ3n) is 1.68. The summed E-state index contributed by atoms with van der Waals surface area (Å²) in [5.74, 6) is -0.948. The minimum atomic E-state index is -0.948. The molecule has 78 valence electrons. The molecule has 0 aliphatic heterocycles. The van der Waals surface area contributed by atoms with E-state index in [-0.39, 0.29) is 18.0 Å². The van der Waals surface area contributed by atoms with Crippen LogP contribution < -0.4 is 0 Å². The summed E-state index contributed by atoms with van der Waals surface area (Å²) in [4.78, 5) is 21.4. The predicted molar refractivity (Wildman–Crippen MR) is 53.8 cm³/mol. The molecule has 1 N–H and O–H groups in total. The lowest BCUT2D eigenvalue weighted by Gasteiger charge is -2.17. The lowest BCUT2D eigenvalue weighted by molar-refractivity contribution is -0.137. The summed E-state index contributed by atoms with van der Waals surface area (Å²) < 4.78 is -0.911.